The van der Waals surface area contributed by atoms with Gasteiger partial charge in [-0.1, -0.05) is 17.7 Å². The predicted octanol–water partition coefficient (Wildman–Crippen LogP) is 5.07. The fourth-order valence-electron chi connectivity index (χ4n) is 3.05. The molecule has 1 amide bonds. The van der Waals surface area contributed by atoms with Gasteiger partial charge >= 0.3 is 0 Å². The van der Waals surface area contributed by atoms with Gasteiger partial charge in [0.25, 0.3) is 5.91 Å². The number of methoxy groups -OCH3 is 2. The van der Waals surface area contributed by atoms with E-state index in [2.05, 4.69) is 10.3 Å². The summed E-state index contributed by atoms with van der Waals surface area (Å²) in [6.07, 6.45) is 0. The van der Waals surface area contributed by atoms with E-state index >= 15 is 0 Å². The number of aryl methyl sites for hydroxylation is 1. The number of ether oxygens (including phenoxy) is 2. The molecule has 1 heterocycles. The van der Waals surface area contributed by atoms with Crippen molar-refractivity contribution in [2.75, 3.05) is 19.5 Å². The van der Waals surface area contributed by atoms with Crippen LogP contribution >= 0.6 is 0 Å². The molecule has 29 heavy (non-hydrogen) atoms. The summed E-state index contributed by atoms with van der Waals surface area (Å²) in [6, 6.07) is 18.4. The van der Waals surface area contributed by atoms with E-state index in [0.29, 0.717) is 34.2 Å². The number of oxazole rings is 1. The van der Waals surface area contributed by atoms with Crippen molar-refractivity contribution in [2.45, 2.75) is 6.92 Å². The summed E-state index contributed by atoms with van der Waals surface area (Å²) >= 11 is 0. The number of aromatic nitrogens is 1. The number of benzene rings is 3. The van der Waals surface area contributed by atoms with Crippen molar-refractivity contribution < 1.29 is 18.7 Å². The van der Waals surface area contributed by atoms with Crippen LogP contribution in [0.4, 0.5) is 5.69 Å². The predicted molar refractivity (Wildman–Crippen MR) is 112 cm³/mol. The Hall–Kier alpha value is -3.80. The van der Waals surface area contributed by atoms with Crippen LogP contribution < -0.4 is 14.8 Å². The van der Waals surface area contributed by atoms with Gasteiger partial charge < -0.3 is 19.2 Å². The number of hydrogen-bond acceptors (Lipinski definition) is 5. The molecule has 0 unspecified atom stereocenters. The van der Waals surface area contributed by atoms with Crippen molar-refractivity contribution in [3.63, 3.8) is 0 Å². The topological polar surface area (TPSA) is 73.6 Å². The highest BCUT2D eigenvalue weighted by molar-refractivity contribution is 6.05. The molecule has 1 N–H and O–H groups in total. The molecule has 1 aromatic heterocycles. The smallest absolute Gasteiger partial charge is 0.255 e. The molecule has 0 atom stereocenters. The number of fused-ring (bicyclic) bond motifs is 1. The molecule has 0 saturated heterocycles. The number of carbonyl (C=O) groups excluding carboxylic acids is 1. The number of amides is 1. The normalized spacial score (nSPS) is 10.7. The minimum atomic E-state index is -0.278. The molecular weight excluding hydrogens is 368 g/mol. The molecule has 4 rings (SSSR count). The SMILES string of the molecule is COc1cc(OC)cc(C(=O)Nc2ccc3nc(-c4cccc(C)c4)oc3c2)c1. The monoisotopic (exact) mass is 388 g/mol. The first-order chi connectivity index (χ1) is 14.1. The van der Waals surface area contributed by atoms with Crippen LogP contribution in [0.15, 0.2) is 65.1 Å². The van der Waals surface area contributed by atoms with Crippen LogP contribution in [0.2, 0.25) is 0 Å². The van der Waals surface area contributed by atoms with Gasteiger partial charge in [-0.3, -0.25) is 4.79 Å². The van der Waals surface area contributed by atoms with Gasteiger partial charge in [-0.2, -0.15) is 0 Å². The van der Waals surface area contributed by atoms with E-state index in [0.717, 1.165) is 16.6 Å². The standard InChI is InChI=1S/C23H20N2O4/c1-14-5-4-6-15(9-14)23-25-20-8-7-17(12-21(20)29-23)24-22(26)16-10-18(27-2)13-19(11-16)28-3/h4-13H,1-3H3,(H,24,26). The number of nitrogens with one attached hydrogen (secondary N) is 1. The molecule has 0 bridgehead atoms. The van der Waals surface area contributed by atoms with Gasteiger partial charge in [-0.05, 0) is 43.3 Å². The third-order valence-corrected chi connectivity index (χ3v) is 4.52. The molecule has 0 aliphatic carbocycles. The minimum absolute atomic E-state index is 0.278. The third kappa shape index (κ3) is 3.91. The Balaban J connectivity index is 1.61. The Morgan fingerprint density at radius 3 is 2.41 bits per heavy atom. The lowest BCUT2D eigenvalue weighted by Gasteiger charge is -2.09. The van der Waals surface area contributed by atoms with Crippen LogP contribution in [0.1, 0.15) is 15.9 Å². The zero-order chi connectivity index (χ0) is 20.4. The van der Waals surface area contributed by atoms with E-state index < -0.39 is 0 Å². The van der Waals surface area contributed by atoms with E-state index in [1.807, 2.05) is 37.3 Å². The first-order valence-corrected chi connectivity index (χ1v) is 9.08. The second-order valence-electron chi connectivity index (χ2n) is 6.63. The van der Waals surface area contributed by atoms with Crippen molar-refractivity contribution in [3.8, 4) is 23.0 Å². The Labute approximate surface area is 168 Å². The summed E-state index contributed by atoms with van der Waals surface area (Å²) < 4.78 is 16.4. The van der Waals surface area contributed by atoms with Gasteiger partial charge in [0, 0.05) is 28.9 Å². The third-order valence-electron chi connectivity index (χ3n) is 4.52. The van der Waals surface area contributed by atoms with Gasteiger partial charge in [0.05, 0.1) is 14.2 Å². The second kappa shape index (κ2) is 7.67. The molecular formula is C23H20N2O4. The first-order valence-electron chi connectivity index (χ1n) is 9.08. The van der Waals surface area contributed by atoms with Crippen LogP contribution in [0.3, 0.4) is 0 Å². The fourth-order valence-corrected chi connectivity index (χ4v) is 3.05. The summed E-state index contributed by atoms with van der Waals surface area (Å²) in [5.74, 6) is 1.36. The summed E-state index contributed by atoms with van der Waals surface area (Å²) in [5, 5.41) is 2.87. The second-order valence-corrected chi connectivity index (χ2v) is 6.63. The van der Waals surface area contributed by atoms with Crippen molar-refractivity contribution in [2.24, 2.45) is 0 Å². The van der Waals surface area contributed by atoms with Crippen LogP contribution in [0, 0.1) is 6.92 Å². The lowest BCUT2D eigenvalue weighted by molar-refractivity contribution is 0.102. The maximum atomic E-state index is 12.7. The quantitative estimate of drug-likeness (QED) is 0.516. The zero-order valence-electron chi connectivity index (χ0n) is 16.4. The van der Waals surface area contributed by atoms with Gasteiger partial charge in [0.2, 0.25) is 5.89 Å². The maximum absolute atomic E-state index is 12.7. The summed E-state index contributed by atoms with van der Waals surface area (Å²) in [4.78, 5) is 17.2. The lowest BCUT2D eigenvalue weighted by atomic mass is 10.1. The van der Waals surface area contributed by atoms with E-state index in [1.165, 1.54) is 0 Å². The molecule has 0 saturated carbocycles. The number of rotatable bonds is 5. The van der Waals surface area contributed by atoms with Gasteiger partial charge in [0.1, 0.15) is 17.0 Å². The van der Waals surface area contributed by atoms with E-state index in [9.17, 15) is 4.79 Å². The molecule has 3 aromatic carbocycles. The summed E-state index contributed by atoms with van der Waals surface area (Å²) in [6.45, 7) is 2.02. The van der Waals surface area contributed by atoms with Crippen molar-refractivity contribution in [1.29, 1.82) is 0 Å². The average Bonchev–Trinajstić information content (AvgIpc) is 3.16. The molecule has 0 spiro atoms. The van der Waals surface area contributed by atoms with Gasteiger partial charge in [0.15, 0.2) is 5.58 Å². The van der Waals surface area contributed by atoms with E-state index in [1.54, 1.807) is 44.6 Å². The van der Waals surface area contributed by atoms with Gasteiger partial charge in [-0.15, -0.1) is 0 Å². The van der Waals surface area contributed by atoms with Crippen molar-refractivity contribution >= 4 is 22.7 Å². The average molecular weight is 388 g/mol. The molecule has 4 aromatic rings. The van der Waals surface area contributed by atoms with Crippen LogP contribution in [0.5, 0.6) is 11.5 Å². The lowest BCUT2D eigenvalue weighted by Crippen LogP contribution is -2.12. The molecule has 6 heteroatoms. The van der Waals surface area contributed by atoms with Crippen LogP contribution in [-0.2, 0) is 0 Å². The summed E-state index contributed by atoms with van der Waals surface area (Å²) in [7, 11) is 3.08. The number of anilines is 1. The molecule has 0 radical (unpaired) electrons. The van der Waals surface area contributed by atoms with Gasteiger partial charge in [-0.25, -0.2) is 4.98 Å². The number of nitrogens with zero attached hydrogens (tertiary/aromatic N) is 1. The minimum Gasteiger partial charge on any atom is -0.497 e. The zero-order valence-corrected chi connectivity index (χ0v) is 16.4. The Kier molecular flexibility index (Phi) is 4.91. The highest BCUT2D eigenvalue weighted by Crippen LogP contribution is 2.28. The molecule has 6 nitrogen and oxygen atoms in total. The summed E-state index contributed by atoms with van der Waals surface area (Å²) in [5.41, 5.74) is 4.40. The van der Waals surface area contributed by atoms with E-state index in [4.69, 9.17) is 13.9 Å². The van der Waals surface area contributed by atoms with E-state index in [-0.39, 0.29) is 5.91 Å². The molecule has 146 valence electrons. The van der Waals surface area contributed by atoms with Crippen LogP contribution in [-0.4, -0.2) is 25.1 Å². The highest BCUT2D eigenvalue weighted by atomic mass is 16.5. The molecule has 0 aliphatic heterocycles. The first kappa shape index (κ1) is 18.6. The van der Waals surface area contributed by atoms with Crippen molar-refractivity contribution in [3.05, 3.63) is 71.8 Å². The number of hydrogen-bond donors (Lipinski definition) is 1. The molecule has 0 fully saturated rings. The fraction of sp³-hybridized carbons (Fsp3) is 0.130. The highest BCUT2D eigenvalue weighted by Gasteiger charge is 2.13. The maximum Gasteiger partial charge on any atom is 0.255 e. The number of carbonyl (C=O) groups is 1. The largest absolute Gasteiger partial charge is 0.497 e. The molecule has 0 aliphatic rings. The Morgan fingerprint density at radius 2 is 1.72 bits per heavy atom. The Morgan fingerprint density at radius 1 is 0.966 bits per heavy atom. The Bertz CT molecular complexity index is 1170. The van der Waals surface area contributed by atoms with Crippen molar-refractivity contribution in [1.82, 2.24) is 4.98 Å². The van der Waals surface area contributed by atoms with Crippen LogP contribution in [0.25, 0.3) is 22.6 Å².